The van der Waals surface area contributed by atoms with Crippen LogP contribution >= 0.6 is 0 Å². The first-order valence-electron chi connectivity index (χ1n) is 5.67. The van der Waals surface area contributed by atoms with Crippen LogP contribution < -0.4 is 4.74 Å². The third-order valence-electron chi connectivity index (χ3n) is 2.59. The van der Waals surface area contributed by atoms with Crippen LogP contribution in [0.3, 0.4) is 0 Å². The molecule has 1 N–H and O–H groups in total. The Kier molecular flexibility index (Phi) is 3.63. The van der Waals surface area contributed by atoms with Crippen LogP contribution in [0.25, 0.3) is 0 Å². The van der Waals surface area contributed by atoms with Gasteiger partial charge in [0.1, 0.15) is 11.5 Å². The molecule has 0 saturated heterocycles. The van der Waals surface area contributed by atoms with Crippen molar-refractivity contribution in [3.63, 3.8) is 0 Å². The molecule has 0 bridgehead atoms. The molecule has 0 saturated carbocycles. The average molecular weight is 241 g/mol. The second-order valence-electron chi connectivity index (χ2n) is 4.02. The maximum Gasteiger partial charge on any atom is 0.124 e. The van der Waals surface area contributed by atoms with Gasteiger partial charge in [-0.15, -0.1) is 0 Å². The van der Waals surface area contributed by atoms with Crippen molar-refractivity contribution in [2.24, 2.45) is 4.99 Å². The van der Waals surface area contributed by atoms with Gasteiger partial charge >= 0.3 is 0 Å². The van der Waals surface area contributed by atoms with Crippen molar-refractivity contribution in [2.45, 2.75) is 6.92 Å². The van der Waals surface area contributed by atoms with Crippen molar-refractivity contribution in [3.05, 3.63) is 53.6 Å². The smallest absolute Gasteiger partial charge is 0.124 e. The topological polar surface area (TPSA) is 41.8 Å². The highest BCUT2D eigenvalue weighted by atomic mass is 16.5. The maximum atomic E-state index is 9.70. The highest BCUT2D eigenvalue weighted by molar-refractivity contribution is 5.85. The fourth-order valence-electron chi connectivity index (χ4n) is 1.61. The summed E-state index contributed by atoms with van der Waals surface area (Å²) in [7, 11) is 1.62. The Hall–Kier alpha value is -2.29. The molecule has 18 heavy (non-hydrogen) atoms. The number of aryl methyl sites for hydroxylation is 1. The van der Waals surface area contributed by atoms with E-state index in [1.54, 1.807) is 19.4 Å². The minimum absolute atomic E-state index is 0.229. The Morgan fingerprint density at radius 1 is 1.17 bits per heavy atom. The van der Waals surface area contributed by atoms with E-state index in [4.69, 9.17) is 4.74 Å². The molecule has 0 amide bonds. The molecular formula is C15H15NO2. The van der Waals surface area contributed by atoms with E-state index < -0.39 is 0 Å². The predicted molar refractivity (Wildman–Crippen MR) is 73.1 cm³/mol. The Morgan fingerprint density at radius 3 is 2.78 bits per heavy atom. The van der Waals surface area contributed by atoms with Gasteiger partial charge in [-0.2, -0.15) is 0 Å². The van der Waals surface area contributed by atoms with Gasteiger partial charge < -0.3 is 9.84 Å². The molecule has 0 aliphatic carbocycles. The van der Waals surface area contributed by atoms with Gasteiger partial charge in [-0.3, -0.25) is 4.99 Å². The summed E-state index contributed by atoms with van der Waals surface area (Å²) in [5.74, 6) is 0.991. The predicted octanol–water partition coefficient (Wildman–Crippen LogP) is 3.46. The zero-order chi connectivity index (χ0) is 13.0. The highest BCUT2D eigenvalue weighted by Crippen LogP contribution is 2.21. The van der Waals surface area contributed by atoms with Crippen molar-refractivity contribution in [1.82, 2.24) is 0 Å². The van der Waals surface area contributed by atoms with Crippen LogP contribution in [0, 0.1) is 6.92 Å². The monoisotopic (exact) mass is 241 g/mol. The maximum absolute atomic E-state index is 9.70. The summed E-state index contributed by atoms with van der Waals surface area (Å²) >= 11 is 0. The zero-order valence-corrected chi connectivity index (χ0v) is 10.4. The number of phenolic OH excluding ortho intramolecular Hbond substituents is 1. The third kappa shape index (κ3) is 2.88. The number of ether oxygens (including phenoxy) is 1. The lowest BCUT2D eigenvalue weighted by molar-refractivity contribution is 0.415. The summed E-state index contributed by atoms with van der Waals surface area (Å²) < 4.78 is 5.13. The second kappa shape index (κ2) is 5.36. The number of benzene rings is 2. The normalized spacial score (nSPS) is 10.8. The van der Waals surface area contributed by atoms with Gasteiger partial charge in [0.15, 0.2) is 0 Å². The van der Waals surface area contributed by atoms with E-state index in [0.29, 0.717) is 5.56 Å². The molecule has 0 aliphatic heterocycles. The molecule has 0 spiro atoms. The summed E-state index contributed by atoms with van der Waals surface area (Å²) in [6.07, 6.45) is 1.65. The Balaban J connectivity index is 2.26. The fourth-order valence-corrected chi connectivity index (χ4v) is 1.61. The molecular weight excluding hydrogens is 226 g/mol. The minimum Gasteiger partial charge on any atom is -0.507 e. The molecule has 3 heteroatoms. The number of hydrogen-bond acceptors (Lipinski definition) is 3. The lowest BCUT2D eigenvalue weighted by Gasteiger charge is -2.01. The van der Waals surface area contributed by atoms with Crippen LogP contribution in [-0.2, 0) is 0 Å². The standard InChI is InChI=1S/C15H15NO2/c1-11-6-7-15(17)12(8-11)10-16-13-4-3-5-14(9-13)18-2/h3-10,17H,1-2H3. The third-order valence-corrected chi connectivity index (χ3v) is 2.59. The highest BCUT2D eigenvalue weighted by Gasteiger charge is 1.98. The second-order valence-corrected chi connectivity index (χ2v) is 4.02. The molecule has 0 aliphatic rings. The molecule has 0 atom stereocenters. The molecule has 0 aromatic heterocycles. The van der Waals surface area contributed by atoms with Crippen molar-refractivity contribution in [2.75, 3.05) is 7.11 Å². The first-order chi connectivity index (χ1) is 8.69. The molecule has 0 radical (unpaired) electrons. The van der Waals surface area contributed by atoms with Crippen LogP contribution in [0.4, 0.5) is 5.69 Å². The molecule has 2 aromatic carbocycles. The molecule has 2 rings (SSSR count). The Labute approximate surface area is 106 Å². The van der Waals surface area contributed by atoms with Crippen LogP contribution in [0.15, 0.2) is 47.5 Å². The summed E-state index contributed by atoms with van der Waals surface area (Å²) in [5, 5.41) is 9.70. The van der Waals surface area contributed by atoms with Crippen molar-refractivity contribution in [3.8, 4) is 11.5 Å². The number of hydrogen-bond donors (Lipinski definition) is 1. The van der Waals surface area contributed by atoms with E-state index in [1.165, 1.54) is 0 Å². The molecule has 0 unspecified atom stereocenters. The van der Waals surface area contributed by atoms with E-state index in [1.807, 2.05) is 43.3 Å². The van der Waals surface area contributed by atoms with Crippen LogP contribution in [0.5, 0.6) is 11.5 Å². The van der Waals surface area contributed by atoms with Crippen molar-refractivity contribution >= 4 is 11.9 Å². The van der Waals surface area contributed by atoms with E-state index in [-0.39, 0.29) is 5.75 Å². The number of phenols is 1. The molecule has 0 heterocycles. The number of aliphatic imine (C=N–C) groups is 1. The number of rotatable bonds is 3. The number of nitrogens with zero attached hydrogens (tertiary/aromatic N) is 1. The molecule has 0 fully saturated rings. The SMILES string of the molecule is COc1cccc(N=Cc2cc(C)ccc2O)c1. The molecule has 2 aromatic rings. The van der Waals surface area contributed by atoms with Gasteiger partial charge in [0.25, 0.3) is 0 Å². The lowest BCUT2D eigenvalue weighted by atomic mass is 10.1. The Morgan fingerprint density at radius 2 is 2.00 bits per heavy atom. The van der Waals surface area contributed by atoms with E-state index in [2.05, 4.69) is 4.99 Å². The van der Waals surface area contributed by atoms with Gasteiger partial charge in [0.2, 0.25) is 0 Å². The van der Waals surface area contributed by atoms with Crippen LogP contribution in [0.2, 0.25) is 0 Å². The minimum atomic E-state index is 0.229. The summed E-state index contributed by atoms with van der Waals surface area (Å²) in [4.78, 5) is 4.32. The first-order valence-corrected chi connectivity index (χ1v) is 5.67. The van der Waals surface area contributed by atoms with Gasteiger partial charge in [-0.25, -0.2) is 0 Å². The van der Waals surface area contributed by atoms with Gasteiger partial charge in [-0.05, 0) is 31.2 Å². The first kappa shape index (κ1) is 12.2. The van der Waals surface area contributed by atoms with E-state index in [0.717, 1.165) is 17.0 Å². The fraction of sp³-hybridized carbons (Fsp3) is 0.133. The lowest BCUT2D eigenvalue weighted by Crippen LogP contribution is -1.84. The molecule has 3 nitrogen and oxygen atoms in total. The Bertz CT molecular complexity index is 576. The van der Waals surface area contributed by atoms with Crippen molar-refractivity contribution in [1.29, 1.82) is 0 Å². The largest absolute Gasteiger partial charge is 0.507 e. The number of methoxy groups -OCH3 is 1. The summed E-state index contributed by atoms with van der Waals surface area (Å²) in [6.45, 7) is 1.97. The quantitative estimate of drug-likeness (QED) is 0.836. The van der Waals surface area contributed by atoms with Gasteiger partial charge in [-0.1, -0.05) is 17.7 Å². The van der Waals surface area contributed by atoms with Crippen LogP contribution in [-0.4, -0.2) is 18.4 Å². The van der Waals surface area contributed by atoms with E-state index in [9.17, 15) is 5.11 Å². The van der Waals surface area contributed by atoms with Gasteiger partial charge in [0.05, 0.1) is 12.8 Å². The van der Waals surface area contributed by atoms with Crippen LogP contribution in [0.1, 0.15) is 11.1 Å². The summed E-state index contributed by atoms with van der Waals surface area (Å²) in [6, 6.07) is 12.9. The summed E-state index contributed by atoms with van der Waals surface area (Å²) in [5.41, 5.74) is 2.58. The number of aromatic hydroxyl groups is 1. The van der Waals surface area contributed by atoms with Crippen molar-refractivity contribution < 1.29 is 9.84 Å². The zero-order valence-electron chi connectivity index (χ0n) is 10.4. The van der Waals surface area contributed by atoms with Gasteiger partial charge in [0, 0.05) is 17.8 Å². The van der Waals surface area contributed by atoms with E-state index >= 15 is 0 Å². The average Bonchev–Trinajstić information content (AvgIpc) is 2.40. The molecule has 92 valence electrons.